The fraction of sp³-hybridized carbons (Fsp3) is 0.294. The van der Waals surface area contributed by atoms with E-state index in [-0.39, 0.29) is 10.6 Å². The second kappa shape index (κ2) is 5.74. The number of halogens is 3. The maximum absolute atomic E-state index is 13.9. The lowest BCUT2D eigenvalue weighted by atomic mass is 9.79. The maximum Gasteiger partial charge on any atom is 0.142 e. The van der Waals surface area contributed by atoms with Gasteiger partial charge in [-0.25, -0.2) is 8.78 Å². The summed E-state index contributed by atoms with van der Waals surface area (Å²) in [4.78, 5) is 0. The first-order valence-corrected chi connectivity index (χ1v) is 7.44. The lowest BCUT2D eigenvalue weighted by Gasteiger charge is -2.26. The molecule has 0 heterocycles. The van der Waals surface area contributed by atoms with E-state index in [1.165, 1.54) is 24.8 Å². The molecule has 1 saturated carbocycles. The van der Waals surface area contributed by atoms with Gasteiger partial charge in [0.05, 0.1) is 11.1 Å². The molecule has 4 heteroatoms. The van der Waals surface area contributed by atoms with Crippen LogP contribution in [0.2, 0.25) is 5.02 Å². The Morgan fingerprint density at radius 3 is 2.29 bits per heavy atom. The second-order valence-electron chi connectivity index (χ2n) is 5.56. The summed E-state index contributed by atoms with van der Waals surface area (Å²) < 4.78 is 27.4. The van der Waals surface area contributed by atoms with E-state index in [0.717, 1.165) is 17.7 Å². The van der Waals surface area contributed by atoms with Crippen LogP contribution in [0.5, 0.6) is 0 Å². The first-order valence-electron chi connectivity index (χ1n) is 7.06. The zero-order chi connectivity index (χ0) is 15.0. The Balaban J connectivity index is 1.87. The Morgan fingerprint density at radius 2 is 1.71 bits per heavy atom. The lowest BCUT2D eigenvalue weighted by Crippen LogP contribution is -2.15. The van der Waals surface area contributed by atoms with Crippen LogP contribution in [0.3, 0.4) is 0 Å². The average Bonchev–Trinajstić information content (AvgIpc) is 2.41. The molecule has 0 saturated heterocycles. The van der Waals surface area contributed by atoms with Crippen LogP contribution >= 0.6 is 11.6 Å². The molecule has 1 nitrogen and oxygen atoms in total. The summed E-state index contributed by atoms with van der Waals surface area (Å²) in [6, 6.07) is 9.19. The molecule has 1 unspecified atom stereocenters. The molecular formula is C17H16ClF2N. The van der Waals surface area contributed by atoms with Crippen molar-refractivity contribution in [3.05, 3.63) is 69.7 Å². The van der Waals surface area contributed by atoms with Crippen LogP contribution in [-0.2, 0) is 0 Å². The summed E-state index contributed by atoms with van der Waals surface area (Å²) >= 11 is 5.56. The van der Waals surface area contributed by atoms with Crippen molar-refractivity contribution in [1.29, 1.82) is 0 Å². The average molecular weight is 308 g/mol. The highest BCUT2D eigenvalue weighted by Gasteiger charge is 2.20. The molecule has 110 valence electrons. The van der Waals surface area contributed by atoms with Gasteiger partial charge in [-0.15, -0.1) is 0 Å². The summed E-state index contributed by atoms with van der Waals surface area (Å²) in [5.41, 5.74) is 8.23. The Labute approximate surface area is 127 Å². The van der Waals surface area contributed by atoms with Crippen LogP contribution in [0.25, 0.3) is 0 Å². The number of hydrogen-bond donors (Lipinski definition) is 1. The third kappa shape index (κ3) is 2.81. The van der Waals surface area contributed by atoms with Gasteiger partial charge in [0.2, 0.25) is 0 Å². The van der Waals surface area contributed by atoms with Crippen LogP contribution in [0.1, 0.15) is 47.9 Å². The molecule has 2 aromatic carbocycles. The molecule has 1 atom stereocenters. The normalized spacial score (nSPS) is 16.6. The van der Waals surface area contributed by atoms with E-state index in [1.807, 2.05) is 24.3 Å². The monoisotopic (exact) mass is 307 g/mol. The fourth-order valence-corrected chi connectivity index (χ4v) is 2.82. The Kier molecular flexibility index (Phi) is 3.96. The van der Waals surface area contributed by atoms with Gasteiger partial charge in [-0.3, -0.25) is 0 Å². The molecule has 0 aliphatic heterocycles. The molecule has 3 rings (SSSR count). The summed E-state index contributed by atoms with van der Waals surface area (Å²) in [6.45, 7) is 0. The van der Waals surface area contributed by atoms with E-state index in [4.69, 9.17) is 17.3 Å². The largest absolute Gasteiger partial charge is 0.320 e. The van der Waals surface area contributed by atoms with Gasteiger partial charge in [0.15, 0.2) is 0 Å². The van der Waals surface area contributed by atoms with E-state index in [9.17, 15) is 8.78 Å². The Hall–Kier alpha value is -1.45. The van der Waals surface area contributed by atoms with Crippen molar-refractivity contribution < 1.29 is 8.78 Å². The molecule has 21 heavy (non-hydrogen) atoms. The van der Waals surface area contributed by atoms with E-state index in [1.54, 1.807) is 0 Å². The summed E-state index contributed by atoms with van der Waals surface area (Å²) in [5.74, 6) is -0.605. The number of nitrogens with two attached hydrogens (primary N) is 1. The third-order valence-electron chi connectivity index (χ3n) is 4.25. The third-order valence-corrected chi connectivity index (χ3v) is 4.54. The molecule has 0 amide bonds. The van der Waals surface area contributed by atoms with Gasteiger partial charge < -0.3 is 5.73 Å². The first kappa shape index (κ1) is 14.5. The predicted octanol–water partition coefficient (Wildman–Crippen LogP) is 4.93. The van der Waals surface area contributed by atoms with Gasteiger partial charge in [0, 0.05) is 5.56 Å². The highest BCUT2D eigenvalue weighted by atomic mass is 35.5. The predicted molar refractivity (Wildman–Crippen MR) is 80.4 cm³/mol. The van der Waals surface area contributed by atoms with Gasteiger partial charge in [0.25, 0.3) is 0 Å². The minimum atomic E-state index is -0.702. The fourth-order valence-electron chi connectivity index (χ4n) is 2.67. The molecule has 0 spiro atoms. The van der Waals surface area contributed by atoms with Crippen molar-refractivity contribution in [3.63, 3.8) is 0 Å². The van der Waals surface area contributed by atoms with Crippen molar-refractivity contribution in [3.8, 4) is 0 Å². The molecule has 0 bridgehead atoms. The van der Waals surface area contributed by atoms with Crippen molar-refractivity contribution in [2.24, 2.45) is 5.73 Å². The topological polar surface area (TPSA) is 26.0 Å². The zero-order valence-electron chi connectivity index (χ0n) is 11.5. The number of benzene rings is 2. The van der Waals surface area contributed by atoms with Crippen molar-refractivity contribution in [2.45, 2.75) is 31.2 Å². The van der Waals surface area contributed by atoms with Crippen LogP contribution < -0.4 is 5.73 Å². The smallest absolute Gasteiger partial charge is 0.142 e. The van der Waals surface area contributed by atoms with Crippen LogP contribution in [0.15, 0.2) is 36.4 Å². The summed E-state index contributed by atoms with van der Waals surface area (Å²) in [5, 5.41) is -0.233. The molecular weight excluding hydrogens is 292 g/mol. The number of rotatable bonds is 3. The maximum atomic E-state index is 13.9. The Morgan fingerprint density at radius 1 is 1.05 bits per heavy atom. The first-order chi connectivity index (χ1) is 10.1. The van der Waals surface area contributed by atoms with E-state index in [0.29, 0.717) is 5.92 Å². The van der Waals surface area contributed by atoms with Gasteiger partial charge in [0.1, 0.15) is 11.6 Å². The molecule has 0 radical (unpaired) electrons. The molecule has 2 N–H and O–H groups in total. The van der Waals surface area contributed by atoms with Crippen LogP contribution in [0.4, 0.5) is 8.78 Å². The van der Waals surface area contributed by atoms with E-state index in [2.05, 4.69) is 0 Å². The minimum Gasteiger partial charge on any atom is -0.320 e. The van der Waals surface area contributed by atoms with Crippen LogP contribution in [0, 0.1) is 11.6 Å². The van der Waals surface area contributed by atoms with Gasteiger partial charge >= 0.3 is 0 Å². The van der Waals surface area contributed by atoms with Crippen LogP contribution in [-0.4, -0.2) is 0 Å². The molecule has 1 aliphatic carbocycles. The van der Waals surface area contributed by atoms with E-state index < -0.39 is 17.7 Å². The molecule has 1 fully saturated rings. The van der Waals surface area contributed by atoms with Gasteiger partial charge in [-0.05, 0) is 42.0 Å². The number of hydrogen-bond acceptors (Lipinski definition) is 1. The SMILES string of the molecule is NC(c1ccc(C2CCC2)cc1)c1cc(F)c(Cl)cc1F. The summed E-state index contributed by atoms with van der Waals surface area (Å²) in [6.07, 6.45) is 3.73. The molecule has 1 aliphatic rings. The highest BCUT2D eigenvalue weighted by molar-refractivity contribution is 6.30. The summed E-state index contributed by atoms with van der Waals surface area (Å²) in [7, 11) is 0. The standard InChI is InChI=1S/C17H16ClF2N/c18-14-9-15(19)13(8-16(14)20)17(21)12-6-4-11(5-7-12)10-2-1-3-10/h4-10,17H,1-3,21H2. The van der Waals surface area contributed by atoms with Gasteiger partial charge in [-0.1, -0.05) is 42.3 Å². The highest BCUT2D eigenvalue weighted by Crippen LogP contribution is 2.37. The van der Waals surface area contributed by atoms with Crippen molar-refractivity contribution in [2.75, 3.05) is 0 Å². The zero-order valence-corrected chi connectivity index (χ0v) is 12.2. The molecule has 2 aromatic rings. The molecule has 0 aromatic heterocycles. The quantitative estimate of drug-likeness (QED) is 0.799. The minimum absolute atomic E-state index is 0.119. The second-order valence-corrected chi connectivity index (χ2v) is 5.97. The van der Waals surface area contributed by atoms with Gasteiger partial charge in [-0.2, -0.15) is 0 Å². The Bertz CT molecular complexity index is 651. The van der Waals surface area contributed by atoms with Crippen molar-refractivity contribution >= 4 is 11.6 Å². The van der Waals surface area contributed by atoms with Crippen molar-refractivity contribution in [1.82, 2.24) is 0 Å². The van der Waals surface area contributed by atoms with E-state index >= 15 is 0 Å². The lowest BCUT2D eigenvalue weighted by molar-refractivity contribution is 0.419.